The van der Waals surface area contributed by atoms with Crippen molar-refractivity contribution in [3.63, 3.8) is 0 Å². The lowest BCUT2D eigenvalue weighted by molar-refractivity contribution is -0.125. The zero-order valence-electron chi connectivity index (χ0n) is 11.5. The molecule has 3 unspecified atom stereocenters. The van der Waals surface area contributed by atoms with E-state index < -0.39 is 0 Å². The molecule has 4 heteroatoms. The van der Waals surface area contributed by atoms with Crippen molar-refractivity contribution in [2.75, 3.05) is 6.54 Å². The molecule has 104 valence electrons. The number of carbonyl (C=O) groups excluding carboxylic acids is 1. The second-order valence-electron chi connectivity index (χ2n) is 5.38. The van der Waals surface area contributed by atoms with Gasteiger partial charge in [-0.3, -0.25) is 4.79 Å². The van der Waals surface area contributed by atoms with Crippen LogP contribution in [0.3, 0.4) is 0 Å². The van der Waals surface area contributed by atoms with Crippen LogP contribution in [0.25, 0.3) is 0 Å². The first kappa shape index (κ1) is 13.9. The largest absolute Gasteiger partial charge is 0.508 e. The molecule has 1 heterocycles. The minimum absolute atomic E-state index is 0.0445. The maximum Gasteiger partial charge on any atom is 0.237 e. The van der Waals surface area contributed by atoms with Gasteiger partial charge in [-0.25, -0.2) is 0 Å². The molecule has 0 aromatic heterocycles. The highest BCUT2D eigenvalue weighted by Crippen LogP contribution is 2.20. The Bertz CT molecular complexity index is 448. The minimum Gasteiger partial charge on any atom is -0.508 e. The molecule has 1 fully saturated rings. The van der Waals surface area contributed by atoms with E-state index in [-0.39, 0.29) is 23.7 Å². The van der Waals surface area contributed by atoms with Gasteiger partial charge >= 0.3 is 0 Å². The van der Waals surface area contributed by atoms with Crippen LogP contribution >= 0.6 is 0 Å². The fraction of sp³-hybridized carbons (Fsp3) is 0.533. The van der Waals surface area contributed by atoms with Crippen molar-refractivity contribution in [1.82, 2.24) is 10.6 Å². The van der Waals surface area contributed by atoms with Crippen LogP contribution in [-0.4, -0.2) is 23.6 Å². The second kappa shape index (κ2) is 6.06. The Morgan fingerprint density at radius 3 is 3.00 bits per heavy atom. The number of carbonyl (C=O) groups is 1. The van der Waals surface area contributed by atoms with Crippen molar-refractivity contribution in [2.24, 2.45) is 5.92 Å². The van der Waals surface area contributed by atoms with Crippen molar-refractivity contribution < 1.29 is 9.90 Å². The third kappa shape index (κ3) is 3.47. The summed E-state index contributed by atoms with van der Waals surface area (Å²) in [7, 11) is 0. The molecule has 1 saturated heterocycles. The van der Waals surface area contributed by atoms with Crippen LogP contribution in [0.15, 0.2) is 24.3 Å². The van der Waals surface area contributed by atoms with Gasteiger partial charge in [-0.05, 0) is 49.9 Å². The van der Waals surface area contributed by atoms with Gasteiger partial charge in [0.15, 0.2) is 0 Å². The number of nitrogens with one attached hydrogen (secondary N) is 2. The van der Waals surface area contributed by atoms with E-state index in [0.29, 0.717) is 5.92 Å². The molecule has 1 aliphatic rings. The molecule has 19 heavy (non-hydrogen) atoms. The van der Waals surface area contributed by atoms with E-state index in [2.05, 4.69) is 17.6 Å². The summed E-state index contributed by atoms with van der Waals surface area (Å²) in [6.07, 6.45) is 2.22. The average Bonchev–Trinajstić information content (AvgIpc) is 2.39. The third-order valence-corrected chi connectivity index (χ3v) is 3.78. The Morgan fingerprint density at radius 2 is 2.32 bits per heavy atom. The Labute approximate surface area is 114 Å². The molecule has 1 aromatic rings. The zero-order valence-corrected chi connectivity index (χ0v) is 11.5. The van der Waals surface area contributed by atoms with E-state index in [1.165, 1.54) is 0 Å². The summed E-state index contributed by atoms with van der Waals surface area (Å²) in [6, 6.07) is 6.80. The highest BCUT2D eigenvalue weighted by atomic mass is 16.3. The van der Waals surface area contributed by atoms with E-state index >= 15 is 0 Å². The van der Waals surface area contributed by atoms with Gasteiger partial charge in [0.05, 0.1) is 12.1 Å². The van der Waals surface area contributed by atoms with Crippen molar-refractivity contribution in [2.45, 2.75) is 38.8 Å². The molecule has 3 N–H and O–H groups in total. The van der Waals surface area contributed by atoms with Crippen LogP contribution < -0.4 is 10.6 Å². The van der Waals surface area contributed by atoms with Crippen molar-refractivity contribution in [1.29, 1.82) is 0 Å². The number of phenolic OH excluding ortho intramolecular Hbond substituents is 1. The van der Waals surface area contributed by atoms with Gasteiger partial charge in [-0.2, -0.15) is 0 Å². The Hall–Kier alpha value is -1.55. The minimum atomic E-state index is -0.103. The lowest BCUT2D eigenvalue weighted by Gasteiger charge is -2.30. The van der Waals surface area contributed by atoms with Crippen LogP contribution in [0.5, 0.6) is 5.75 Å². The molecular weight excluding hydrogens is 240 g/mol. The Balaban J connectivity index is 1.98. The molecule has 0 radical (unpaired) electrons. The highest BCUT2D eigenvalue weighted by Gasteiger charge is 2.28. The van der Waals surface area contributed by atoms with Crippen LogP contribution in [0.2, 0.25) is 0 Å². The van der Waals surface area contributed by atoms with E-state index in [1.807, 2.05) is 13.0 Å². The molecule has 0 bridgehead atoms. The summed E-state index contributed by atoms with van der Waals surface area (Å²) in [5.41, 5.74) is 0.914. The first-order valence-corrected chi connectivity index (χ1v) is 6.90. The molecule has 0 spiro atoms. The Kier molecular flexibility index (Phi) is 4.43. The van der Waals surface area contributed by atoms with E-state index in [0.717, 1.165) is 24.9 Å². The number of hydrogen-bond acceptors (Lipinski definition) is 3. The molecule has 0 saturated carbocycles. The van der Waals surface area contributed by atoms with Gasteiger partial charge in [-0.15, -0.1) is 0 Å². The highest BCUT2D eigenvalue weighted by molar-refractivity contribution is 5.82. The number of hydrogen-bond donors (Lipinski definition) is 3. The monoisotopic (exact) mass is 262 g/mol. The number of piperidine rings is 1. The van der Waals surface area contributed by atoms with Crippen LogP contribution in [0.4, 0.5) is 0 Å². The van der Waals surface area contributed by atoms with Crippen LogP contribution in [0, 0.1) is 5.92 Å². The molecule has 3 atom stereocenters. The molecule has 1 aromatic carbocycles. The van der Waals surface area contributed by atoms with Crippen molar-refractivity contribution in [3.05, 3.63) is 29.8 Å². The van der Waals surface area contributed by atoms with Crippen LogP contribution in [0.1, 0.15) is 38.3 Å². The molecule has 0 aliphatic carbocycles. The Morgan fingerprint density at radius 1 is 1.53 bits per heavy atom. The molecule has 1 amide bonds. The van der Waals surface area contributed by atoms with Gasteiger partial charge in [-0.1, -0.05) is 19.1 Å². The van der Waals surface area contributed by atoms with Gasteiger partial charge < -0.3 is 15.7 Å². The summed E-state index contributed by atoms with van der Waals surface area (Å²) < 4.78 is 0. The number of benzene rings is 1. The lowest BCUT2D eigenvalue weighted by atomic mass is 9.92. The van der Waals surface area contributed by atoms with Gasteiger partial charge in [0.1, 0.15) is 5.75 Å². The molecule has 1 aliphatic heterocycles. The smallest absolute Gasteiger partial charge is 0.237 e. The van der Waals surface area contributed by atoms with Crippen molar-refractivity contribution >= 4 is 5.91 Å². The number of aromatic hydroxyl groups is 1. The second-order valence-corrected chi connectivity index (χ2v) is 5.38. The van der Waals surface area contributed by atoms with Gasteiger partial charge in [0.25, 0.3) is 0 Å². The lowest BCUT2D eigenvalue weighted by Crippen LogP contribution is -2.51. The fourth-order valence-corrected chi connectivity index (χ4v) is 2.58. The summed E-state index contributed by atoms with van der Waals surface area (Å²) in [4.78, 5) is 12.2. The molecule has 4 nitrogen and oxygen atoms in total. The molecule has 2 rings (SSSR count). The normalized spacial score (nSPS) is 24.7. The van der Waals surface area contributed by atoms with Gasteiger partial charge in [0, 0.05) is 0 Å². The standard InChI is InChI=1S/C15H22N2O2/c1-10-5-4-8-16-14(10)15(19)17-11(2)12-6-3-7-13(18)9-12/h3,6-7,9-11,14,16,18H,4-5,8H2,1-2H3,(H,17,19). The topological polar surface area (TPSA) is 61.4 Å². The quantitative estimate of drug-likeness (QED) is 0.780. The summed E-state index contributed by atoms with van der Waals surface area (Å²) in [5.74, 6) is 0.635. The predicted molar refractivity (Wildman–Crippen MR) is 74.9 cm³/mol. The summed E-state index contributed by atoms with van der Waals surface area (Å²) in [5, 5.41) is 15.7. The first-order valence-electron chi connectivity index (χ1n) is 6.90. The number of phenols is 1. The predicted octanol–water partition coefficient (Wildman–Crippen LogP) is 1.96. The number of amides is 1. The SMILES string of the molecule is CC(NC(=O)C1NCCCC1C)c1cccc(O)c1. The third-order valence-electron chi connectivity index (χ3n) is 3.78. The van der Waals surface area contributed by atoms with E-state index in [1.54, 1.807) is 18.2 Å². The maximum absolute atomic E-state index is 12.2. The summed E-state index contributed by atoms with van der Waals surface area (Å²) in [6.45, 7) is 4.94. The first-order chi connectivity index (χ1) is 9.08. The average molecular weight is 262 g/mol. The van der Waals surface area contributed by atoms with Crippen LogP contribution in [-0.2, 0) is 4.79 Å². The van der Waals surface area contributed by atoms with E-state index in [9.17, 15) is 9.90 Å². The number of rotatable bonds is 3. The zero-order chi connectivity index (χ0) is 13.8. The van der Waals surface area contributed by atoms with E-state index in [4.69, 9.17) is 0 Å². The fourth-order valence-electron chi connectivity index (χ4n) is 2.58. The van der Waals surface area contributed by atoms with Crippen molar-refractivity contribution in [3.8, 4) is 5.75 Å². The molecular formula is C15H22N2O2. The maximum atomic E-state index is 12.2. The van der Waals surface area contributed by atoms with Gasteiger partial charge in [0.2, 0.25) is 5.91 Å². The summed E-state index contributed by atoms with van der Waals surface area (Å²) >= 11 is 0.